The summed E-state index contributed by atoms with van der Waals surface area (Å²) in [5.41, 5.74) is 5.30. The number of hydrogen-bond acceptors (Lipinski definition) is 3. The SMILES string of the molecule is CCCCNC(=O)CNCCCN. The van der Waals surface area contributed by atoms with E-state index in [4.69, 9.17) is 5.73 Å². The van der Waals surface area contributed by atoms with Crippen LogP contribution in [0.4, 0.5) is 0 Å². The minimum absolute atomic E-state index is 0.0745. The summed E-state index contributed by atoms with van der Waals surface area (Å²) in [4.78, 5) is 11.1. The lowest BCUT2D eigenvalue weighted by atomic mass is 10.3. The second kappa shape index (κ2) is 9.48. The van der Waals surface area contributed by atoms with E-state index in [9.17, 15) is 4.79 Å². The summed E-state index contributed by atoms with van der Waals surface area (Å²) in [7, 11) is 0. The number of nitrogens with two attached hydrogens (primary N) is 1. The number of rotatable bonds is 8. The number of hydrogen-bond donors (Lipinski definition) is 3. The van der Waals surface area contributed by atoms with Crippen LogP contribution in [0.3, 0.4) is 0 Å². The Bertz CT molecular complexity index is 128. The molecule has 0 saturated heterocycles. The van der Waals surface area contributed by atoms with Crippen LogP contribution < -0.4 is 16.4 Å². The Morgan fingerprint density at radius 1 is 1.31 bits per heavy atom. The Morgan fingerprint density at radius 3 is 2.69 bits per heavy atom. The number of carbonyl (C=O) groups is 1. The lowest BCUT2D eigenvalue weighted by molar-refractivity contribution is -0.120. The molecule has 0 radical (unpaired) electrons. The highest BCUT2D eigenvalue weighted by atomic mass is 16.1. The average Bonchev–Trinajstić information content (AvgIpc) is 2.13. The molecule has 0 atom stereocenters. The maximum absolute atomic E-state index is 11.1. The molecule has 0 aliphatic carbocycles. The predicted molar refractivity (Wildman–Crippen MR) is 54.5 cm³/mol. The maximum Gasteiger partial charge on any atom is 0.233 e. The van der Waals surface area contributed by atoms with Crippen molar-refractivity contribution in [1.82, 2.24) is 10.6 Å². The van der Waals surface area contributed by atoms with Gasteiger partial charge in [-0.2, -0.15) is 0 Å². The molecule has 0 spiro atoms. The first-order chi connectivity index (χ1) is 6.31. The molecule has 0 fully saturated rings. The fourth-order valence-electron chi connectivity index (χ4n) is 0.896. The highest BCUT2D eigenvalue weighted by Crippen LogP contribution is 1.81. The van der Waals surface area contributed by atoms with E-state index in [1.165, 1.54) is 0 Å². The van der Waals surface area contributed by atoms with Crippen LogP contribution in [-0.4, -0.2) is 32.1 Å². The van der Waals surface area contributed by atoms with E-state index in [1.54, 1.807) is 0 Å². The van der Waals surface area contributed by atoms with Crippen molar-refractivity contribution in [2.45, 2.75) is 26.2 Å². The molecule has 4 heteroatoms. The highest BCUT2D eigenvalue weighted by molar-refractivity contribution is 5.77. The largest absolute Gasteiger partial charge is 0.355 e. The molecule has 0 unspecified atom stereocenters. The Hall–Kier alpha value is -0.610. The van der Waals surface area contributed by atoms with Gasteiger partial charge in [0.2, 0.25) is 5.91 Å². The lowest BCUT2D eigenvalue weighted by Crippen LogP contribution is -2.35. The third kappa shape index (κ3) is 9.30. The van der Waals surface area contributed by atoms with Crippen molar-refractivity contribution in [2.24, 2.45) is 5.73 Å². The van der Waals surface area contributed by atoms with Gasteiger partial charge in [-0.1, -0.05) is 13.3 Å². The second-order valence-corrected chi connectivity index (χ2v) is 3.02. The van der Waals surface area contributed by atoms with Crippen molar-refractivity contribution < 1.29 is 4.79 Å². The van der Waals surface area contributed by atoms with Gasteiger partial charge in [0.15, 0.2) is 0 Å². The van der Waals surface area contributed by atoms with E-state index in [1.807, 2.05) is 0 Å². The van der Waals surface area contributed by atoms with E-state index in [0.717, 1.165) is 32.4 Å². The number of carbonyl (C=O) groups excluding carboxylic acids is 1. The van der Waals surface area contributed by atoms with Gasteiger partial charge < -0.3 is 16.4 Å². The summed E-state index contributed by atoms with van der Waals surface area (Å²) in [6, 6.07) is 0. The Kier molecular flexibility index (Phi) is 9.03. The summed E-state index contributed by atoms with van der Waals surface area (Å²) in [6.45, 7) is 4.78. The Labute approximate surface area is 80.3 Å². The van der Waals surface area contributed by atoms with E-state index < -0.39 is 0 Å². The quantitative estimate of drug-likeness (QED) is 0.463. The van der Waals surface area contributed by atoms with Gasteiger partial charge in [-0.25, -0.2) is 0 Å². The zero-order valence-corrected chi connectivity index (χ0v) is 8.44. The first kappa shape index (κ1) is 12.4. The van der Waals surface area contributed by atoms with E-state index in [-0.39, 0.29) is 5.91 Å². The van der Waals surface area contributed by atoms with Gasteiger partial charge in [-0.05, 0) is 25.9 Å². The topological polar surface area (TPSA) is 67.2 Å². The molecule has 1 amide bonds. The minimum Gasteiger partial charge on any atom is -0.355 e. The predicted octanol–water partition coefficient (Wildman–Crippen LogP) is -0.159. The van der Waals surface area contributed by atoms with Gasteiger partial charge >= 0.3 is 0 Å². The summed E-state index contributed by atoms with van der Waals surface area (Å²) in [5, 5.41) is 5.85. The molecule has 0 bridgehead atoms. The monoisotopic (exact) mass is 187 g/mol. The molecular formula is C9H21N3O. The molecule has 0 aliphatic rings. The van der Waals surface area contributed by atoms with Crippen LogP contribution in [0.2, 0.25) is 0 Å². The first-order valence-corrected chi connectivity index (χ1v) is 4.98. The normalized spacial score (nSPS) is 10.0. The fourth-order valence-corrected chi connectivity index (χ4v) is 0.896. The van der Waals surface area contributed by atoms with Crippen LogP contribution >= 0.6 is 0 Å². The van der Waals surface area contributed by atoms with Gasteiger partial charge in [0.05, 0.1) is 6.54 Å². The van der Waals surface area contributed by atoms with Gasteiger partial charge in [0.25, 0.3) is 0 Å². The molecular weight excluding hydrogens is 166 g/mol. The third-order valence-electron chi connectivity index (χ3n) is 1.70. The van der Waals surface area contributed by atoms with E-state index in [2.05, 4.69) is 17.6 Å². The maximum atomic E-state index is 11.1. The minimum atomic E-state index is 0.0745. The van der Waals surface area contributed by atoms with Crippen molar-refractivity contribution in [1.29, 1.82) is 0 Å². The van der Waals surface area contributed by atoms with Gasteiger partial charge in [-0.3, -0.25) is 4.79 Å². The molecule has 0 saturated carbocycles. The van der Waals surface area contributed by atoms with Crippen LogP contribution in [0.15, 0.2) is 0 Å². The second-order valence-electron chi connectivity index (χ2n) is 3.02. The van der Waals surface area contributed by atoms with Crippen molar-refractivity contribution >= 4 is 5.91 Å². The number of amides is 1. The number of nitrogens with one attached hydrogen (secondary N) is 2. The van der Waals surface area contributed by atoms with Crippen LogP contribution in [0, 0.1) is 0 Å². The van der Waals surface area contributed by atoms with E-state index >= 15 is 0 Å². The molecule has 0 aromatic heterocycles. The first-order valence-electron chi connectivity index (χ1n) is 4.98. The Morgan fingerprint density at radius 2 is 2.08 bits per heavy atom. The zero-order chi connectivity index (χ0) is 9.94. The smallest absolute Gasteiger partial charge is 0.233 e. The van der Waals surface area contributed by atoms with Crippen molar-refractivity contribution in [2.75, 3.05) is 26.2 Å². The average molecular weight is 187 g/mol. The fraction of sp³-hybridized carbons (Fsp3) is 0.889. The molecule has 4 N–H and O–H groups in total. The molecule has 0 heterocycles. The zero-order valence-electron chi connectivity index (χ0n) is 8.44. The molecule has 0 rings (SSSR count). The standard InChI is InChI=1S/C9H21N3O/c1-2-3-7-12-9(13)8-11-6-4-5-10/h11H,2-8,10H2,1H3,(H,12,13). The molecule has 0 aliphatic heterocycles. The van der Waals surface area contributed by atoms with Gasteiger partial charge in [-0.15, -0.1) is 0 Å². The van der Waals surface area contributed by atoms with Gasteiger partial charge in [0, 0.05) is 6.54 Å². The molecule has 78 valence electrons. The summed E-state index contributed by atoms with van der Waals surface area (Å²) in [6.07, 6.45) is 3.08. The van der Waals surface area contributed by atoms with Crippen LogP contribution in [0.5, 0.6) is 0 Å². The van der Waals surface area contributed by atoms with Crippen LogP contribution in [0.25, 0.3) is 0 Å². The molecule has 4 nitrogen and oxygen atoms in total. The van der Waals surface area contributed by atoms with Crippen LogP contribution in [-0.2, 0) is 4.79 Å². The summed E-state index contributed by atoms with van der Waals surface area (Å²) >= 11 is 0. The van der Waals surface area contributed by atoms with Crippen molar-refractivity contribution in [3.05, 3.63) is 0 Å². The van der Waals surface area contributed by atoms with E-state index in [0.29, 0.717) is 13.1 Å². The molecule has 0 aromatic carbocycles. The highest BCUT2D eigenvalue weighted by Gasteiger charge is 1.97. The Balaban J connectivity index is 3.11. The lowest BCUT2D eigenvalue weighted by Gasteiger charge is -2.04. The van der Waals surface area contributed by atoms with Gasteiger partial charge in [0.1, 0.15) is 0 Å². The third-order valence-corrected chi connectivity index (χ3v) is 1.70. The number of unbranched alkanes of at least 4 members (excludes halogenated alkanes) is 1. The van der Waals surface area contributed by atoms with Crippen LogP contribution in [0.1, 0.15) is 26.2 Å². The summed E-state index contributed by atoms with van der Waals surface area (Å²) in [5.74, 6) is 0.0745. The molecule has 13 heavy (non-hydrogen) atoms. The molecule has 0 aromatic rings. The van der Waals surface area contributed by atoms with Crippen molar-refractivity contribution in [3.63, 3.8) is 0 Å². The van der Waals surface area contributed by atoms with Crippen molar-refractivity contribution in [3.8, 4) is 0 Å². The summed E-state index contributed by atoms with van der Waals surface area (Å²) < 4.78 is 0.